The molecule has 1 N–H and O–H groups in total. The fraction of sp³-hybridized carbons (Fsp3) is 0.571. The van der Waals surface area contributed by atoms with Crippen LogP contribution in [-0.2, 0) is 6.42 Å². The first-order valence-corrected chi connectivity index (χ1v) is 9.92. The molecule has 1 saturated carbocycles. The van der Waals surface area contributed by atoms with Gasteiger partial charge in [-0.3, -0.25) is 9.89 Å². The van der Waals surface area contributed by atoms with E-state index >= 15 is 0 Å². The van der Waals surface area contributed by atoms with Crippen LogP contribution in [0.5, 0.6) is 5.75 Å². The van der Waals surface area contributed by atoms with Gasteiger partial charge in [0.1, 0.15) is 11.6 Å². The first-order chi connectivity index (χ1) is 13.1. The van der Waals surface area contributed by atoms with Gasteiger partial charge in [0.05, 0.1) is 7.11 Å². The summed E-state index contributed by atoms with van der Waals surface area (Å²) in [4.78, 5) is 20.1. The molecule has 27 heavy (non-hydrogen) atoms. The third-order valence-electron chi connectivity index (χ3n) is 6.46. The Morgan fingerprint density at radius 2 is 2.15 bits per heavy atom. The summed E-state index contributed by atoms with van der Waals surface area (Å²) in [7, 11) is 1.64. The number of ether oxygens (including phenoxy) is 1. The molecule has 1 aliphatic carbocycles. The maximum absolute atomic E-state index is 13.3. The van der Waals surface area contributed by atoms with E-state index in [1.54, 1.807) is 7.11 Å². The Morgan fingerprint density at radius 3 is 2.81 bits per heavy atom. The van der Waals surface area contributed by atoms with Gasteiger partial charge in [-0.15, -0.1) is 0 Å². The average molecular weight is 368 g/mol. The maximum Gasteiger partial charge on any atom is 0.254 e. The molecule has 6 nitrogen and oxygen atoms in total. The van der Waals surface area contributed by atoms with Crippen molar-refractivity contribution in [2.75, 3.05) is 20.2 Å². The number of nitrogens with one attached hydrogen (secondary N) is 1. The predicted molar refractivity (Wildman–Crippen MR) is 103 cm³/mol. The maximum atomic E-state index is 13.3. The van der Waals surface area contributed by atoms with Gasteiger partial charge >= 0.3 is 0 Å². The minimum absolute atomic E-state index is 0.0893. The normalized spacial score (nSPS) is 21.1. The first kappa shape index (κ1) is 18.0. The number of nitrogens with zero attached hydrogens (tertiary/aromatic N) is 3. The van der Waals surface area contributed by atoms with E-state index in [0.29, 0.717) is 6.54 Å². The second-order valence-electron chi connectivity index (χ2n) is 7.93. The molecule has 1 amide bonds. The number of hydrogen-bond acceptors (Lipinski definition) is 4. The molecule has 6 heteroatoms. The highest BCUT2D eigenvalue weighted by atomic mass is 16.5. The number of carbonyl (C=O) groups excluding carboxylic acids is 1. The van der Waals surface area contributed by atoms with Gasteiger partial charge in [0.2, 0.25) is 0 Å². The number of benzene rings is 1. The van der Waals surface area contributed by atoms with E-state index in [1.807, 2.05) is 30.0 Å². The fourth-order valence-corrected chi connectivity index (χ4v) is 4.93. The van der Waals surface area contributed by atoms with Gasteiger partial charge in [0.15, 0.2) is 5.82 Å². The van der Waals surface area contributed by atoms with Crippen LogP contribution in [0.15, 0.2) is 18.2 Å². The van der Waals surface area contributed by atoms with Crippen molar-refractivity contribution in [1.82, 2.24) is 20.1 Å². The molecule has 144 valence electrons. The molecule has 0 radical (unpaired) electrons. The zero-order chi connectivity index (χ0) is 19.0. The third-order valence-corrected chi connectivity index (χ3v) is 6.46. The van der Waals surface area contributed by atoms with Crippen LogP contribution in [0.25, 0.3) is 0 Å². The summed E-state index contributed by atoms with van der Waals surface area (Å²) < 4.78 is 5.40. The summed E-state index contributed by atoms with van der Waals surface area (Å²) >= 11 is 0. The van der Waals surface area contributed by atoms with Gasteiger partial charge in [-0.2, -0.15) is 5.10 Å². The van der Waals surface area contributed by atoms with Crippen LogP contribution in [0.1, 0.15) is 66.1 Å². The van der Waals surface area contributed by atoms with Crippen molar-refractivity contribution in [1.29, 1.82) is 0 Å². The Labute approximate surface area is 160 Å². The van der Waals surface area contributed by atoms with E-state index in [4.69, 9.17) is 9.72 Å². The highest BCUT2D eigenvalue weighted by Gasteiger charge is 2.51. The van der Waals surface area contributed by atoms with Gasteiger partial charge in [-0.1, -0.05) is 25.8 Å². The molecule has 1 aliphatic heterocycles. The zero-order valence-corrected chi connectivity index (χ0v) is 16.4. The van der Waals surface area contributed by atoms with Crippen molar-refractivity contribution in [3.8, 4) is 5.75 Å². The molecular weight excluding hydrogens is 340 g/mol. The predicted octanol–water partition coefficient (Wildman–Crippen LogP) is 3.48. The lowest BCUT2D eigenvalue weighted by Crippen LogP contribution is -2.31. The fourth-order valence-electron chi connectivity index (χ4n) is 4.93. The third kappa shape index (κ3) is 3.01. The Bertz CT molecular complexity index is 838. The quantitative estimate of drug-likeness (QED) is 0.897. The molecule has 1 unspecified atom stereocenters. The summed E-state index contributed by atoms with van der Waals surface area (Å²) in [5.41, 5.74) is 1.75. The van der Waals surface area contributed by atoms with Gasteiger partial charge in [0, 0.05) is 36.6 Å². The second-order valence-corrected chi connectivity index (χ2v) is 7.93. The molecular formula is C21H28N4O2. The number of rotatable bonds is 4. The lowest BCUT2D eigenvalue weighted by Gasteiger charge is -2.28. The number of amides is 1. The topological polar surface area (TPSA) is 71.1 Å². The van der Waals surface area contributed by atoms with Crippen LogP contribution < -0.4 is 4.74 Å². The van der Waals surface area contributed by atoms with E-state index in [0.717, 1.165) is 54.3 Å². The molecule has 1 aromatic carbocycles. The Hall–Kier alpha value is -2.37. The van der Waals surface area contributed by atoms with E-state index in [-0.39, 0.29) is 17.2 Å². The molecule has 4 rings (SSSR count). The highest BCUT2D eigenvalue weighted by molar-refractivity contribution is 5.96. The van der Waals surface area contributed by atoms with Crippen LogP contribution in [0, 0.1) is 12.3 Å². The van der Waals surface area contributed by atoms with Gasteiger partial charge < -0.3 is 9.64 Å². The van der Waals surface area contributed by atoms with Crippen LogP contribution in [0.2, 0.25) is 0 Å². The molecule has 2 fully saturated rings. The minimum atomic E-state index is 0.0893. The summed E-state index contributed by atoms with van der Waals surface area (Å²) in [6.45, 7) is 5.51. The van der Waals surface area contributed by atoms with Crippen molar-refractivity contribution < 1.29 is 9.53 Å². The molecule has 2 aromatic rings. The molecule has 1 saturated heterocycles. The van der Waals surface area contributed by atoms with Crippen molar-refractivity contribution in [3.63, 3.8) is 0 Å². The Kier molecular flexibility index (Phi) is 4.66. The van der Waals surface area contributed by atoms with Crippen molar-refractivity contribution in [3.05, 3.63) is 41.0 Å². The molecule has 1 aromatic heterocycles. The van der Waals surface area contributed by atoms with E-state index in [9.17, 15) is 4.79 Å². The van der Waals surface area contributed by atoms with Gasteiger partial charge in [-0.05, 0) is 37.3 Å². The molecule has 1 atom stereocenters. The SMILES string of the molecule is CCc1nc(C2CN(C(=O)c3cccc(OC)c3C)CC23CCCC3)n[nH]1. The van der Waals surface area contributed by atoms with Crippen LogP contribution >= 0.6 is 0 Å². The van der Waals surface area contributed by atoms with E-state index in [1.165, 1.54) is 12.8 Å². The monoisotopic (exact) mass is 368 g/mol. The Morgan fingerprint density at radius 1 is 1.37 bits per heavy atom. The van der Waals surface area contributed by atoms with Crippen molar-refractivity contribution in [2.45, 2.75) is 51.9 Å². The summed E-state index contributed by atoms with van der Waals surface area (Å²) in [5.74, 6) is 2.87. The minimum Gasteiger partial charge on any atom is -0.496 e. The van der Waals surface area contributed by atoms with Crippen LogP contribution in [0.3, 0.4) is 0 Å². The molecule has 0 bridgehead atoms. The van der Waals surface area contributed by atoms with Crippen molar-refractivity contribution in [2.24, 2.45) is 5.41 Å². The number of H-pyrrole nitrogens is 1. The standard InChI is InChI=1S/C21H28N4O2/c1-4-18-22-19(24-23-18)16-12-25(13-21(16)10-5-6-11-21)20(26)15-8-7-9-17(27-3)14(15)2/h7-9,16H,4-6,10-13H2,1-3H3,(H,22,23,24). The highest BCUT2D eigenvalue weighted by Crippen LogP contribution is 2.53. The zero-order valence-electron chi connectivity index (χ0n) is 16.4. The largest absolute Gasteiger partial charge is 0.496 e. The van der Waals surface area contributed by atoms with Gasteiger partial charge in [0.25, 0.3) is 5.91 Å². The lowest BCUT2D eigenvalue weighted by atomic mass is 9.76. The van der Waals surface area contributed by atoms with E-state index in [2.05, 4.69) is 17.1 Å². The Balaban J connectivity index is 1.64. The average Bonchev–Trinajstić information content (AvgIpc) is 3.42. The number of aromatic amines is 1. The number of hydrogen-bond donors (Lipinski definition) is 1. The van der Waals surface area contributed by atoms with Crippen LogP contribution in [0.4, 0.5) is 0 Å². The van der Waals surface area contributed by atoms with E-state index < -0.39 is 0 Å². The molecule has 2 aliphatic rings. The first-order valence-electron chi connectivity index (χ1n) is 9.92. The number of aromatic nitrogens is 3. The second kappa shape index (κ2) is 6.98. The smallest absolute Gasteiger partial charge is 0.254 e. The lowest BCUT2D eigenvalue weighted by molar-refractivity contribution is 0.0772. The van der Waals surface area contributed by atoms with Gasteiger partial charge in [-0.25, -0.2) is 4.98 Å². The number of methoxy groups -OCH3 is 1. The number of carbonyl (C=O) groups is 1. The summed E-state index contributed by atoms with van der Waals surface area (Å²) in [5, 5.41) is 7.56. The summed E-state index contributed by atoms with van der Waals surface area (Å²) in [6.07, 6.45) is 5.59. The van der Waals surface area contributed by atoms with Crippen molar-refractivity contribution >= 4 is 5.91 Å². The number of aryl methyl sites for hydroxylation is 1. The molecule has 1 spiro atoms. The van der Waals surface area contributed by atoms with Crippen LogP contribution in [-0.4, -0.2) is 46.2 Å². The summed E-state index contributed by atoms with van der Waals surface area (Å²) in [6, 6.07) is 5.69. The number of likely N-dealkylation sites (tertiary alicyclic amines) is 1. The molecule has 2 heterocycles.